The maximum Gasteiger partial charge on any atom is 0.264 e. The van der Waals surface area contributed by atoms with Gasteiger partial charge in [-0.3, -0.25) is 39.0 Å². The first-order chi connectivity index (χ1) is 34.5. The van der Waals surface area contributed by atoms with E-state index in [9.17, 15) is 33.9 Å². The predicted molar refractivity (Wildman–Crippen MR) is 259 cm³/mol. The van der Waals surface area contributed by atoms with E-state index in [1.54, 1.807) is 30.3 Å². The van der Waals surface area contributed by atoms with Gasteiger partial charge in [-0.05, 0) is 48.6 Å². The zero-order valence-corrected chi connectivity index (χ0v) is 40.8. The molecule has 22 heteroatoms. The van der Waals surface area contributed by atoms with Crippen LogP contribution in [0.25, 0.3) is 0 Å². The summed E-state index contributed by atoms with van der Waals surface area (Å²) >= 11 is 6.18. The van der Waals surface area contributed by atoms with Crippen LogP contribution in [0.2, 0.25) is 5.02 Å². The second-order valence-corrected chi connectivity index (χ2v) is 18.0. The van der Waals surface area contributed by atoms with E-state index in [4.69, 9.17) is 35.3 Å². The summed E-state index contributed by atoms with van der Waals surface area (Å²) in [5.74, 6) is -1.78. The number of ether oxygens (including phenoxy) is 5. The van der Waals surface area contributed by atoms with E-state index in [0.717, 1.165) is 21.8 Å². The molecule has 384 valence electrons. The fourth-order valence-corrected chi connectivity index (χ4v) is 9.17. The fraction of sp³-hybridized carbons (Fsp3) is 0.551. The third-order valence-corrected chi connectivity index (χ3v) is 13.0. The lowest BCUT2D eigenvalue weighted by Gasteiger charge is -2.38. The van der Waals surface area contributed by atoms with E-state index in [1.165, 1.54) is 6.33 Å². The van der Waals surface area contributed by atoms with Gasteiger partial charge in [0.25, 0.3) is 11.8 Å². The lowest BCUT2D eigenvalue weighted by molar-refractivity contribution is -0.136. The number of anilines is 2. The van der Waals surface area contributed by atoms with Crippen molar-refractivity contribution < 1.29 is 57.6 Å². The van der Waals surface area contributed by atoms with E-state index < -0.39 is 41.7 Å². The number of piperidine rings is 1. The number of nitrogens with zero attached hydrogens (tertiary/aromatic N) is 5. The molecule has 0 radical (unpaired) electrons. The molecule has 1 unspecified atom stereocenters. The summed E-state index contributed by atoms with van der Waals surface area (Å²) in [7, 11) is 0. The molecule has 1 aliphatic carbocycles. The van der Waals surface area contributed by atoms with Crippen LogP contribution in [0.3, 0.4) is 0 Å². The monoisotopic (exact) mass is 1010 g/mol. The van der Waals surface area contributed by atoms with Crippen LogP contribution in [0.4, 0.5) is 11.5 Å². The highest BCUT2D eigenvalue weighted by Gasteiger charge is 2.45. The number of aliphatic hydroxyl groups excluding tert-OH is 1. The van der Waals surface area contributed by atoms with Gasteiger partial charge in [0.1, 0.15) is 18.2 Å². The van der Waals surface area contributed by atoms with Gasteiger partial charge in [0.15, 0.2) is 0 Å². The first kappa shape index (κ1) is 53.2. The van der Waals surface area contributed by atoms with Gasteiger partial charge in [-0.2, -0.15) is 0 Å². The normalized spacial score (nSPS) is 19.2. The van der Waals surface area contributed by atoms with Crippen molar-refractivity contribution in [3.8, 4) is 0 Å². The molecule has 2 aromatic carbocycles. The number of carbonyl (C=O) groups excluding carboxylic acids is 6. The van der Waals surface area contributed by atoms with Gasteiger partial charge in [-0.15, -0.1) is 0 Å². The number of aliphatic hydroxyl groups is 1. The van der Waals surface area contributed by atoms with Crippen molar-refractivity contribution in [3.05, 3.63) is 81.8 Å². The summed E-state index contributed by atoms with van der Waals surface area (Å²) in [6, 6.07) is 11.2. The highest BCUT2D eigenvalue weighted by Crippen LogP contribution is 2.43. The second-order valence-electron chi connectivity index (χ2n) is 17.5. The standard InChI is InChI=1S/C49H64ClN9O12/c1-32-29-39(60)44-42(32)45(55-31-54-44)57-15-17-58(18-16-57)47(64)36(33-5-7-34(50)8-6-33)30-51-12-13-53-40(61)11-19-67-21-23-69-25-27-71-28-26-70-24-22-68-20-14-52-37-4-2-3-35-43(37)49(66)59(48(35)65)38-9-10-41(62)56-46(38)63/h2-8,31-32,36,38-39,51-52,60H,9-30H2,1H3,(H,53,61)(H,56,62,63)/t32-,36-,38?,39-/m1/s1. The highest BCUT2D eigenvalue weighted by atomic mass is 35.5. The van der Waals surface area contributed by atoms with Gasteiger partial charge in [-0.25, -0.2) is 9.97 Å². The average molecular weight is 1010 g/mol. The van der Waals surface area contributed by atoms with Crippen LogP contribution in [0.1, 0.15) is 88.1 Å². The van der Waals surface area contributed by atoms with Crippen LogP contribution in [-0.2, 0) is 42.9 Å². The molecule has 2 saturated heterocycles. The van der Waals surface area contributed by atoms with Crippen molar-refractivity contribution in [2.24, 2.45) is 0 Å². The van der Waals surface area contributed by atoms with Crippen LogP contribution in [0.5, 0.6) is 0 Å². The molecule has 4 atom stereocenters. The van der Waals surface area contributed by atoms with Crippen LogP contribution >= 0.6 is 11.6 Å². The maximum absolute atomic E-state index is 14.0. The predicted octanol–water partition coefficient (Wildman–Crippen LogP) is 1.80. The highest BCUT2D eigenvalue weighted by molar-refractivity contribution is 6.30. The number of fused-ring (bicyclic) bond motifs is 2. The number of carbonyl (C=O) groups is 6. The van der Waals surface area contributed by atoms with Crippen molar-refractivity contribution in [1.29, 1.82) is 0 Å². The quantitative estimate of drug-likeness (QED) is 0.0514. The summed E-state index contributed by atoms with van der Waals surface area (Å²) in [5.41, 5.74) is 3.42. The third kappa shape index (κ3) is 14.3. The number of halogens is 1. The van der Waals surface area contributed by atoms with E-state index in [-0.39, 0.29) is 54.7 Å². The van der Waals surface area contributed by atoms with Crippen molar-refractivity contribution in [2.45, 2.75) is 56.6 Å². The van der Waals surface area contributed by atoms with Crippen LogP contribution in [-0.4, -0.2) is 185 Å². The average Bonchev–Trinajstić information content (AvgIpc) is 3.81. The zero-order valence-electron chi connectivity index (χ0n) is 40.0. The Morgan fingerprint density at radius 1 is 0.817 bits per heavy atom. The summed E-state index contributed by atoms with van der Waals surface area (Å²) < 4.78 is 27.8. The number of rotatable bonds is 28. The van der Waals surface area contributed by atoms with Crippen molar-refractivity contribution >= 4 is 58.5 Å². The minimum Gasteiger partial charge on any atom is -0.387 e. The molecule has 0 spiro atoms. The first-order valence-electron chi connectivity index (χ1n) is 24.3. The minimum atomic E-state index is -1.03. The minimum absolute atomic E-state index is 0.0166. The smallest absolute Gasteiger partial charge is 0.264 e. The molecule has 5 N–H and O–H groups in total. The molecule has 4 aliphatic rings. The van der Waals surface area contributed by atoms with Gasteiger partial charge in [0, 0.05) is 81.5 Å². The molecular weight excluding hydrogens is 942 g/mol. The molecule has 0 saturated carbocycles. The summed E-state index contributed by atoms with van der Waals surface area (Å²) in [4.78, 5) is 90.5. The Morgan fingerprint density at radius 3 is 2.15 bits per heavy atom. The summed E-state index contributed by atoms with van der Waals surface area (Å²) in [5, 5.41) is 22.6. The van der Waals surface area contributed by atoms with Crippen LogP contribution in [0.15, 0.2) is 48.8 Å². The van der Waals surface area contributed by atoms with Crippen LogP contribution in [0, 0.1) is 0 Å². The second kappa shape index (κ2) is 26.7. The van der Waals surface area contributed by atoms with E-state index in [2.05, 4.69) is 43.1 Å². The molecule has 71 heavy (non-hydrogen) atoms. The molecule has 2 fully saturated rings. The summed E-state index contributed by atoms with van der Waals surface area (Å²) in [6.45, 7) is 9.49. The van der Waals surface area contributed by atoms with Gasteiger partial charge >= 0.3 is 0 Å². The molecule has 21 nitrogen and oxygen atoms in total. The van der Waals surface area contributed by atoms with Crippen molar-refractivity contribution in [1.82, 2.24) is 35.7 Å². The van der Waals surface area contributed by atoms with E-state index in [1.807, 2.05) is 17.0 Å². The van der Waals surface area contributed by atoms with Gasteiger partial charge in [0.2, 0.25) is 23.6 Å². The Kier molecular flexibility index (Phi) is 20.0. The molecule has 1 aromatic heterocycles. The molecule has 4 heterocycles. The Morgan fingerprint density at radius 2 is 1.48 bits per heavy atom. The molecule has 7 rings (SSSR count). The lowest BCUT2D eigenvalue weighted by Crippen LogP contribution is -2.54. The molecule has 0 bridgehead atoms. The Hall–Kier alpha value is -5.65. The molecule has 3 aliphatic heterocycles. The number of amides is 6. The Bertz CT molecular complexity index is 2320. The Balaban J connectivity index is 0.663. The SMILES string of the molecule is C[C@@H]1C[C@@H](O)c2ncnc(N3CCN(C(=O)[C@H](CNCCNC(=O)CCOCCOCCOCCOCCOCCNc4cccc5c4C(=O)N(C4CCC(=O)NC4=O)C5=O)c4ccc(Cl)cc4)CC3)c21. The summed E-state index contributed by atoms with van der Waals surface area (Å²) in [6.07, 6.45) is 1.91. The fourth-order valence-electron chi connectivity index (χ4n) is 9.05. The number of aromatic nitrogens is 2. The largest absolute Gasteiger partial charge is 0.387 e. The van der Waals surface area contributed by atoms with Gasteiger partial charge < -0.3 is 54.5 Å². The first-order valence-corrected chi connectivity index (χ1v) is 24.7. The molecule has 6 amide bonds. The van der Waals surface area contributed by atoms with Crippen LogP contribution < -0.4 is 26.2 Å². The van der Waals surface area contributed by atoms with Crippen molar-refractivity contribution in [2.75, 3.05) is 129 Å². The number of hydrogen-bond donors (Lipinski definition) is 5. The van der Waals surface area contributed by atoms with Gasteiger partial charge in [-0.1, -0.05) is 36.7 Å². The molecule has 3 aromatic rings. The third-order valence-electron chi connectivity index (χ3n) is 12.7. The lowest BCUT2D eigenvalue weighted by atomic mass is 9.97. The number of piperazine rings is 1. The molecular formula is C49H64ClN9O12. The number of imide groups is 2. The van der Waals surface area contributed by atoms with Crippen molar-refractivity contribution in [3.63, 3.8) is 0 Å². The zero-order chi connectivity index (χ0) is 50.1. The number of benzene rings is 2. The number of nitrogens with one attached hydrogen (secondary N) is 4. The number of hydrogen-bond acceptors (Lipinski definition) is 17. The topological polar surface area (TPSA) is 252 Å². The van der Waals surface area contributed by atoms with E-state index in [0.29, 0.717) is 135 Å². The van der Waals surface area contributed by atoms with E-state index >= 15 is 0 Å². The maximum atomic E-state index is 14.0. The van der Waals surface area contributed by atoms with Gasteiger partial charge in [0.05, 0.1) is 94.9 Å². The Labute approximate surface area is 417 Å².